The first-order valence-electron chi connectivity index (χ1n) is 7.28. The van der Waals surface area contributed by atoms with E-state index in [9.17, 15) is 29.8 Å². The molecule has 11 nitrogen and oxygen atoms in total. The van der Waals surface area contributed by atoms with E-state index in [2.05, 4.69) is 16.2 Å². The summed E-state index contributed by atoms with van der Waals surface area (Å²) >= 11 is 10.6. The minimum absolute atomic E-state index is 0.264. The first-order chi connectivity index (χ1) is 13.2. The Kier molecular flexibility index (Phi) is 6.52. The maximum Gasteiger partial charge on any atom is 0.277 e. The van der Waals surface area contributed by atoms with E-state index >= 15 is 0 Å². The van der Waals surface area contributed by atoms with Gasteiger partial charge in [-0.3, -0.25) is 46.0 Å². The number of nitrogens with one attached hydrogen (secondary N) is 3. The van der Waals surface area contributed by atoms with Gasteiger partial charge in [0.2, 0.25) is 0 Å². The number of thiocarbonyl (C=S) groups is 1. The van der Waals surface area contributed by atoms with Crippen LogP contribution < -0.4 is 16.2 Å². The second kappa shape index (κ2) is 8.83. The van der Waals surface area contributed by atoms with Crippen LogP contribution in [0.3, 0.4) is 0 Å². The van der Waals surface area contributed by atoms with E-state index in [0.29, 0.717) is 5.02 Å². The predicted octanol–water partition coefficient (Wildman–Crippen LogP) is 2.11. The van der Waals surface area contributed by atoms with Crippen molar-refractivity contribution in [2.75, 3.05) is 0 Å². The Morgan fingerprint density at radius 2 is 1.39 bits per heavy atom. The maximum absolute atomic E-state index is 12.1. The Bertz CT molecular complexity index is 949. The second-order valence-corrected chi connectivity index (χ2v) is 5.97. The fraction of sp³-hybridized carbons (Fsp3) is 0. The molecule has 0 saturated carbocycles. The summed E-state index contributed by atoms with van der Waals surface area (Å²) in [5.41, 5.74) is 3.15. The van der Waals surface area contributed by atoms with Crippen molar-refractivity contribution in [2.24, 2.45) is 0 Å². The van der Waals surface area contributed by atoms with Crippen molar-refractivity contribution < 1.29 is 19.4 Å². The molecule has 0 spiro atoms. The minimum Gasteiger partial charge on any atom is -0.298 e. The first kappa shape index (κ1) is 20.7. The van der Waals surface area contributed by atoms with Crippen LogP contribution >= 0.6 is 23.8 Å². The van der Waals surface area contributed by atoms with Crippen molar-refractivity contribution in [1.82, 2.24) is 16.2 Å². The average Bonchev–Trinajstić information content (AvgIpc) is 2.66. The Balaban J connectivity index is 2.03. The lowest BCUT2D eigenvalue weighted by atomic mass is 10.1. The molecule has 28 heavy (non-hydrogen) atoms. The number of carbonyl (C=O) groups is 2. The molecule has 0 atom stereocenters. The molecule has 2 aromatic rings. The molecule has 13 heteroatoms. The van der Waals surface area contributed by atoms with Gasteiger partial charge in [-0.1, -0.05) is 11.6 Å². The number of benzene rings is 2. The van der Waals surface area contributed by atoms with E-state index in [0.717, 1.165) is 18.2 Å². The van der Waals surface area contributed by atoms with Crippen LogP contribution in [0.4, 0.5) is 11.4 Å². The van der Waals surface area contributed by atoms with Crippen LogP contribution in [0.2, 0.25) is 5.02 Å². The van der Waals surface area contributed by atoms with Gasteiger partial charge < -0.3 is 0 Å². The third kappa shape index (κ3) is 5.43. The molecule has 0 unspecified atom stereocenters. The highest BCUT2D eigenvalue weighted by Gasteiger charge is 2.20. The molecule has 0 aromatic heterocycles. The Morgan fingerprint density at radius 1 is 0.857 bits per heavy atom. The largest absolute Gasteiger partial charge is 0.298 e. The van der Waals surface area contributed by atoms with Crippen LogP contribution in [0.1, 0.15) is 20.7 Å². The summed E-state index contributed by atoms with van der Waals surface area (Å²) < 4.78 is 0. The van der Waals surface area contributed by atoms with E-state index < -0.39 is 33.0 Å². The lowest BCUT2D eigenvalue weighted by Crippen LogP contribution is -2.48. The van der Waals surface area contributed by atoms with Gasteiger partial charge in [0.15, 0.2) is 5.11 Å². The van der Waals surface area contributed by atoms with Gasteiger partial charge in [-0.15, -0.1) is 0 Å². The van der Waals surface area contributed by atoms with Crippen LogP contribution in [0.15, 0.2) is 42.5 Å². The number of nitro groups is 2. The summed E-state index contributed by atoms with van der Waals surface area (Å²) in [6.45, 7) is 0. The number of rotatable bonds is 4. The third-order valence-electron chi connectivity index (χ3n) is 3.21. The van der Waals surface area contributed by atoms with Crippen LogP contribution in [0.25, 0.3) is 0 Å². The Morgan fingerprint density at radius 3 is 1.89 bits per heavy atom. The number of amides is 2. The maximum atomic E-state index is 12.1. The molecule has 0 radical (unpaired) electrons. The second-order valence-electron chi connectivity index (χ2n) is 5.12. The Hall–Kier alpha value is -3.64. The average molecular weight is 424 g/mol. The zero-order valence-corrected chi connectivity index (χ0v) is 15.2. The fourth-order valence-corrected chi connectivity index (χ4v) is 2.20. The number of nitro benzene ring substituents is 2. The highest BCUT2D eigenvalue weighted by Crippen LogP contribution is 2.22. The van der Waals surface area contributed by atoms with E-state index in [1.54, 1.807) is 0 Å². The molecular formula is C15H10ClN5O6S. The molecule has 0 saturated heterocycles. The number of carbonyl (C=O) groups excluding carboxylic acids is 2. The van der Waals surface area contributed by atoms with Gasteiger partial charge in [0.05, 0.1) is 21.5 Å². The molecule has 0 fully saturated rings. The number of hydrazine groups is 1. The van der Waals surface area contributed by atoms with Crippen molar-refractivity contribution >= 4 is 52.1 Å². The van der Waals surface area contributed by atoms with E-state index in [1.807, 2.05) is 0 Å². The summed E-state index contributed by atoms with van der Waals surface area (Å²) in [5, 5.41) is 24.0. The smallest absolute Gasteiger partial charge is 0.277 e. The van der Waals surface area contributed by atoms with Crippen molar-refractivity contribution in [3.63, 3.8) is 0 Å². The predicted molar refractivity (Wildman–Crippen MR) is 102 cm³/mol. The lowest BCUT2D eigenvalue weighted by molar-refractivity contribution is -0.394. The number of non-ortho nitro benzene ring substituents is 2. The van der Waals surface area contributed by atoms with Crippen LogP contribution in [0, 0.1) is 20.2 Å². The van der Waals surface area contributed by atoms with E-state index in [4.69, 9.17) is 23.8 Å². The van der Waals surface area contributed by atoms with Gasteiger partial charge >= 0.3 is 0 Å². The molecule has 0 aliphatic heterocycles. The van der Waals surface area contributed by atoms with Gasteiger partial charge in [-0.25, -0.2) is 0 Å². The summed E-state index contributed by atoms with van der Waals surface area (Å²) in [5.74, 6) is -1.51. The van der Waals surface area contributed by atoms with Gasteiger partial charge in [0, 0.05) is 22.7 Å². The molecule has 0 bridgehead atoms. The minimum atomic E-state index is -0.940. The van der Waals surface area contributed by atoms with Crippen LogP contribution in [-0.2, 0) is 0 Å². The van der Waals surface area contributed by atoms with Crippen molar-refractivity contribution in [3.05, 3.63) is 78.8 Å². The number of hydrogen-bond donors (Lipinski definition) is 3. The third-order valence-corrected chi connectivity index (χ3v) is 3.67. The fourth-order valence-electron chi connectivity index (χ4n) is 1.93. The molecule has 3 N–H and O–H groups in total. The van der Waals surface area contributed by atoms with Crippen LogP contribution in [0.5, 0.6) is 0 Å². The highest BCUT2D eigenvalue weighted by atomic mass is 35.5. The molecule has 2 rings (SSSR count). The van der Waals surface area contributed by atoms with Gasteiger partial charge in [0.1, 0.15) is 0 Å². The number of halogens is 1. The van der Waals surface area contributed by atoms with Gasteiger partial charge in [-0.05, 0) is 36.5 Å². The zero-order valence-electron chi connectivity index (χ0n) is 13.7. The summed E-state index contributed by atoms with van der Waals surface area (Å²) in [6.07, 6.45) is 0. The standard InChI is InChI=1S/C15H10ClN5O6S/c16-10-3-1-8(2-4-10)14(23)18-19-15(28)17-13(22)9-5-11(20(24)25)7-12(6-9)21(26)27/h1-7H,(H,18,23)(H2,17,19,22,28). The zero-order chi connectivity index (χ0) is 20.8. The van der Waals surface area contributed by atoms with Crippen LogP contribution in [-0.4, -0.2) is 26.8 Å². The molecule has 144 valence electrons. The summed E-state index contributed by atoms with van der Waals surface area (Å²) in [4.78, 5) is 44.1. The number of nitrogens with zero attached hydrogens (tertiary/aromatic N) is 2. The van der Waals surface area contributed by atoms with E-state index in [1.165, 1.54) is 24.3 Å². The summed E-state index contributed by atoms with van der Waals surface area (Å²) in [7, 11) is 0. The molecule has 2 amide bonds. The van der Waals surface area contributed by atoms with Crippen molar-refractivity contribution in [2.45, 2.75) is 0 Å². The molecular weight excluding hydrogens is 414 g/mol. The van der Waals surface area contributed by atoms with Gasteiger partial charge in [-0.2, -0.15) is 0 Å². The number of hydrogen-bond acceptors (Lipinski definition) is 7. The topological polar surface area (TPSA) is 157 Å². The SMILES string of the molecule is O=C(NNC(=S)NC(=O)c1cc([N+](=O)[O-])cc([N+](=O)[O-])c1)c1ccc(Cl)cc1. The van der Waals surface area contributed by atoms with Crippen molar-refractivity contribution in [1.29, 1.82) is 0 Å². The molecule has 0 heterocycles. The monoisotopic (exact) mass is 423 g/mol. The Labute approximate surface area is 166 Å². The summed E-state index contributed by atoms with van der Waals surface area (Å²) in [6, 6.07) is 8.37. The first-order valence-corrected chi connectivity index (χ1v) is 8.07. The van der Waals surface area contributed by atoms with Crippen molar-refractivity contribution in [3.8, 4) is 0 Å². The molecule has 0 aliphatic carbocycles. The van der Waals surface area contributed by atoms with E-state index in [-0.39, 0.29) is 16.2 Å². The normalized spacial score (nSPS) is 9.89. The molecule has 2 aromatic carbocycles. The van der Waals surface area contributed by atoms with Gasteiger partial charge in [0.25, 0.3) is 23.2 Å². The highest BCUT2D eigenvalue weighted by molar-refractivity contribution is 7.80. The molecule has 0 aliphatic rings. The lowest BCUT2D eigenvalue weighted by Gasteiger charge is -2.11. The quantitative estimate of drug-likeness (QED) is 0.383.